The predicted molar refractivity (Wildman–Crippen MR) is 64.1 cm³/mol. The molecule has 0 fully saturated rings. The third kappa shape index (κ3) is 7.85. The first kappa shape index (κ1) is 18.4. The minimum atomic E-state index is -2.77. The van der Waals surface area contributed by atoms with Gasteiger partial charge in [0.15, 0.2) is 0 Å². The molecule has 0 amide bonds. The van der Waals surface area contributed by atoms with Crippen LogP contribution in [0.25, 0.3) is 0 Å². The third-order valence-electron chi connectivity index (χ3n) is 1.64. The predicted octanol–water partition coefficient (Wildman–Crippen LogP) is 4.59. The van der Waals surface area contributed by atoms with Crippen LogP contribution in [-0.4, -0.2) is 11.8 Å². The number of alkyl halides is 2. The summed E-state index contributed by atoms with van der Waals surface area (Å²) in [6.07, 6.45) is 1.45. The van der Waals surface area contributed by atoms with E-state index in [1.807, 2.05) is 41.5 Å². The van der Waals surface area contributed by atoms with Gasteiger partial charge in [-0.15, -0.1) is 0 Å². The van der Waals surface area contributed by atoms with Crippen LogP contribution in [-0.2, 0) is 11.3 Å². The summed E-state index contributed by atoms with van der Waals surface area (Å²) in [6, 6.07) is 0. The molecular formula is C12H23F2NO2. The smallest absolute Gasteiger partial charge is 0.345 e. The second kappa shape index (κ2) is 11.5. The van der Waals surface area contributed by atoms with E-state index >= 15 is 0 Å². The highest BCUT2D eigenvalue weighted by atomic mass is 19.3. The zero-order valence-corrected chi connectivity index (χ0v) is 11.5. The molecule has 0 aliphatic heterocycles. The van der Waals surface area contributed by atoms with Crippen molar-refractivity contribution in [2.45, 2.75) is 60.7 Å². The first-order valence-corrected chi connectivity index (χ1v) is 5.94. The Bertz CT molecular complexity index is 263. The maximum Gasteiger partial charge on any atom is 0.345 e. The highest BCUT2D eigenvalue weighted by molar-refractivity contribution is 5.17. The molecule has 0 aliphatic rings. The number of ether oxygens (including phenoxy) is 1. The van der Waals surface area contributed by atoms with Gasteiger partial charge in [-0.2, -0.15) is 8.78 Å². The van der Waals surface area contributed by atoms with E-state index in [1.54, 1.807) is 0 Å². The van der Waals surface area contributed by atoms with E-state index in [0.29, 0.717) is 5.69 Å². The van der Waals surface area contributed by atoms with Crippen LogP contribution in [0.2, 0.25) is 0 Å². The second-order valence-electron chi connectivity index (χ2n) is 2.94. The Morgan fingerprint density at radius 3 is 2.18 bits per heavy atom. The van der Waals surface area contributed by atoms with Crippen LogP contribution >= 0.6 is 0 Å². The number of hydrogen-bond acceptors (Lipinski definition) is 3. The summed E-state index contributed by atoms with van der Waals surface area (Å²) in [7, 11) is 0. The van der Waals surface area contributed by atoms with Crippen molar-refractivity contribution in [1.29, 1.82) is 0 Å². The van der Waals surface area contributed by atoms with Crippen molar-refractivity contribution in [3.8, 4) is 0 Å². The fourth-order valence-corrected chi connectivity index (χ4v) is 0.988. The summed E-state index contributed by atoms with van der Waals surface area (Å²) < 4.78 is 32.1. The molecule has 1 aromatic heterocycles. The van der Waals surface area contributed by atoms with Gasteiger partial charge in [-0.1, -0.05) is 46.7 Å². The van der Waals surface area contributed by atoms with Gasteiger partial charge in [0, 0.05) is 5.56 Å². The van der Waals surface area contributed by atoms with Crippen LogP contribution in [0.3, 0.4) is 0 Å². The molecule has 1 heterocycles. The number of aromatic nitrogens is 1. The summed E-state index contributed by atoms with van der Waals surface area (Å²) in [5.41, 5.74) is 1.25. The van der Waals surface area contributed by atoms with Gasteiger partial charge in [0.2, 0.25) is 0 Å². The Kier molecular flexibility index (Phi) is 12.5. The van der Waals surface area contributed by atoms with E-state index in [-0.39, 0.29) is 12.5 Å². The van der Waals surface area contributed by atoms with Gasteiger partial charge < -0.3 is 9.26 Å². The van der Waals surface area contributed by atoms with Crippen molar-refractivity contribution in [1.82, 2.24) is 5.16 Å². The minimum absolute atomic E-state index is 0.197. The Balaban J connectivity index is 0. The SMILES string of the molecule is CC.CC.CC(C)c1conc1COC(F)F. The van der Waals surface area contributed by atoms with Crippen LogP contribution in [0.1, 0.15) is 58.7 Å². The number of halogens is 2. The lowest BCUT2D eigenvalue weighted by atomic mass is 10.1. The summed E-state index contributed by atoms with van der Waals surface area (Å²) in [4.78, 5) is 0. The third-order valence-corrected chi connectivity index (χ3v) is 1.64. The maximum atomic E-state index is 11.7. The fourth-order valence-electron chi connectivity index (χ4n) is 0.988. The molecule has 0 aliphatic carbocycles. The molecule has 17 heavy (non-hydrogen) atoms. The summed E-state index contributed by atoms with van der Waals surface area (Å²) in [5, 5.41) is 3.58. The van der Waals surface area contributed by atoms with E-state index in [9.17, 15) is 8.78 Å². The standard InChI is InChI=1S/C8H11F2NO2.2C2H6/c1-5(2)6-3-13-11-7(6)4-12-8(9)10;2*1-2/h3,5,8H,4H2,1-2H3;2*1-2H3. The van der Waals surface area contributed by atoms with Gasteiger partial charge in [0.25, 0.3) is 0 Å². The molecule has 0 unspecified atom stereocenters. The van der Waals surface area contributed by atoms with Crippen LogP contribution in [0.4, 0.5) is 8.78 Å². The topological polar surface area (TPSA) is 35.3 Å². The molecule has 0 saturated carbocycles. The Morgan fingerprint density at radius 1 is 1.24 bits per heavy atom. The highest BCUT2D eigenvalue weighted by Crippen LogP contribution is 2.19. The van der Waals surface area contributed by atoms with Gasteiger partial charge in [-0.05, 0) is 5.92 Å². The fraction of sp³-hybridized carbons (Fsp3) is 0.750. The van der Waals surface area contributed by atoms with E-state index in [1.165, 1.54) is 6.26 Å². The van der Waals surface area contributed by atoms with Crippen LogP contribution in [0, 0.1) is 0 Å². The Hall–Kier alpha value is -0.970. The van der Waals surface area contributed by atoms with E-state index in [2.05, 4.69) is 14.4 Å². The summed E-state index contributed by atoms with van der Waals surface area (Å²) in [6.45, 7) is 8.88. The first-order valence-electron chi connectivity index (χ1n) is 5.94. The van der Waals surface area contributed by atoms with Gasteiger partial charge in [-0.3, -0.25) is 0 Å². The lowest BCUT2D eigenvalue weighted by molar-refractivity contribution is -0.138. The monoisotopic (exact) mass is 251 g/mol. The maximum absolute atomic E-state index is 11.7. The average Bonchev–Trinajstić information content (AvgIpc) is 2.80. The first-order chi connectivity index (χ1) is 8.11. The average molecular weight is 251 g/mol. The Labute approximate surface area is 102 Å². The summed E-state index contributed by atoms with van der Waals surface area (Å²) >= 11 is 0. The van der Waals surface area contributed by atoms with Crippen molar-refractivity contribution in [3.05, 3.63) is 17.5 Å². The number of nitrogens with zero attached hydrogens (tertiary/aromatic N) is 1. The normalized spacial score (nSPS) is 9.53. The van der Waals surface area contributed by atoms with E-state index in [0.717, 1.165) is 5.56 Å². The van der Waals surface area contributed by atoms with Crippen molar-refractivity contribution >= 4 is 0 Å². The zero-order chi connectivity index (χ0) is 13.8. The molecule has 0 aromatic carbocycles. The van der Waals surface area contributed by atoms with Crippen LogP contribution in [0.5, 0.6) is 0 Å². The van der Waals surface area contributed by atoms with Gasteiger partial charge in [0.1, 0.15) is 12.0 Å². The van der Waals surface area contributed by atoms with Crippen LogP contribution in [0.15, 0.2) is 10.8 Å². The van der Waals surface area contributed by atoms with Crippen molar-refractivity contribution in [3.63, 3.8) is 0 Å². The molecule has 5 heteroatoms. The van der Waals surface area contributed by atoms with Crippen molar-refractivity contribution < 1.29 is 18.0 Å². The minimum Gasteiger partial charge on any atom is -0.364 e. The van der Waals surface area contributed by atoms with Gasteiger partial charge >= 0.3 is 6.61 Å². The molecule has 0 N–H and O–H groups in total. The zero-order valence-electron chi connectivity index (χ0n) is 11.5. The lowest BCUT2D eigenvalue weighted by Gasteiger charge is -2.03. The van der Waals surface area contributed by atoms with Crippen molar-refractivity contribution in [2.75, 3.05) is 0 Å². The van der Waals surface area contributed by atoms with E-state index < -0.39 is 6.61 Å². The molecule has 0 saturated heterocycles. The molecular weight excluding hydrogens is 228 g/mol. The molecule has 1 rings (SSSR count). The molecule has 0 spiro atoms. The molecule has 0 radical (unpaired) electrons. The Morgan fingerprint density at radius 2 is 1.76 bits per heavy atom. The second-order valence-corrected chi connectivity index (χ2v) is 2.94. The highest BCUT2D eigenvalue weighted by Gasteiger charge is 2.13. The quantitative estimate of drug-likeness (QED) is 0.785. The molecule has 1 aromatic rings. The van der Waals surface area contributed by atoms with Crippen LogP contribution < -0.4 is 0 Å². The van der Waals surface area contributed by atoms with Crippen molar-refractivity contribution in [2.24, 2.45) is 0 Å². The van der Waals surface area contributed by atoms with Gasteiger partial charge in [-0.25, -0.2) is 0 Å². The van der Waals surface area contributed by atoms with Gasteiger partial charge in [0.05, 0.1) is 6.61 Å². The molecule has 102 valence electrons. The number of rotatable bonds is 4. The molecule has 3 nitrogen and oxygen atoms in total. The molecule has 0 bridgehead atoms. The largest absolute Gasteiger partial charge is 0.364 e. The lowest BCUT2D eigenvalue weighted by Crippen LogP contribution is -2.02. The number of hydrogen-bond donors (Lipinski definition) is 0. The molecule has 0 atom stereocenters. The summed E-state index contributed by atoms with van der Waals surface area (Å²) in [5.74, 6) is 0.197. The van der Waals surface area contributed by atoms with E-state index in [4.69, 9.17) is 0 Å².